The molecule has 0 atom stereocenters. The summed E-state index contributed by atoms with van der Waals surface area (Å²) in [5.41, 5.74) is 2.45. The SMILES string of the molecule is O=C1COc2ccc(-c3csc(NC(=O)c4ccc(Cl)c(Cl)c4)n3)cc2N1. The van der Waals surface area contributed by atoms with E-state index in [1.807, 2.05) is 11.4 Å². The molecule has 0 fully saturated rings. The minimum absolute atomic E-state index is 0.00788. The maximum absolute atomic E-state index is 12.3. The summed E-state index contributed by atoms with van der Waals surface area (Å²) in [5, 5.41) is 8.45. The second-order valence-electron chi connectivity index (χ2n) is 5.67. The third-order valence-corrected chi connectivity index (χ3v) is 5.31. The quantitative estimate of drug-likeness (QED) is 0.644. The zero-order valence-electron chi connectivity index (χ0n) is 13.6. The average molecular weight is 420 g/mol. The Hall–Kier alpha value is -2.61. The molecule has 27 heavy (non-hydrogen) atoms. The lowest BCUT2D eigenvalue weighted by Crippen LogP contribution is -2.25. The fraction of sp³-hybridized carbons (Fsp3) is 0.0556. The summed E-state index contributed by atoms with van der Waals surface area (Å²) in [5.74, 6) is 0.0785. The Balaban J connectivity index is 1.53. The number of aromatic nitrogens is 1. The van der Waals surface area contributed by atoms with Crippen LogP contribution in [0.4, 0.5) is 10.8 Å². The first kappa shape index (κ1) is 17.8. The maximum atomic E-state index is 12.3. The van der Waals surface area contributed by atoms with Crippen molar-refractivity contribution in [2.45, 2.75) is 0 Å². The van der Waals surface area contributed by atoms with Crippen LogP contribution in [-0.4, -0.2) is 23.4 Å². The van der Waals surface area contributed by atoms with Crippen LogP contribution in [0.3, 0.4) is 0 Å². The fourth-order valence-electron chi connectivity index (χ4n) is 2.51. The summed E-state index contributed by atoms with van der Waals surface area (Å²) in [6.45, 7) is 0.00788. The van der Waals surface area contributed by atoms with Crippen LogP contribution in [0.5, 0.6) is 5.75 Å². The number of hydrogen-bond donors (Lipinski definition) is 2. The summed E-state index contributed by atoms with van der Waals surface area (Å²) < 4.78 is 5.34. The molecule has 2 aromatic carbocycles. The van der Waals surface area contributed by atoms with Gasteiger partial charge in [-0.3, -0.25) is 14.9 Å². The van der Waals surface area contributed by atoms with Crippen LogP contribution < -0.4 is 15.4 Å². The first-order valence-electron chi connectivity index (χ1n) is 7.78. The van der Waals surface area contributed by atoms with E-state index in [-0.39, 0.29) is 18.4 Å². The van der Waals surface area contributed by atoms with Gasteiger partial charge in [-0.25, -0.2) is 4.98 Å². The van der Waals surface area contributed by atoms with Gasteiger partial charge in [-0.2, -0.15) is 0 Å². The highest BCUT2D eigenvalue weighted by molar-refractivity contribution is 7.14. The lowest BCUT2D eigenvalue weighted by atomic mass is 10.1. The number of fused-ring (bicyclic) bond motifs is 1. The molecule has 0 spiro atoms. The lowest BCUT2D eigenvalue weighted by Gasteiger charge is -2.18. The van der Waals surface area contributed by atoms with Gasteiger partial charge in [0.1, 0.15) is 5.75 Å². The standard InChI is InChI=1S/C18H11Cl2N3O3S/c19-11-3-1-10(5-12(11)20)17(25)23-18-22-14(8-27-18)9-2-4-15-13(6-9)21-16(24)7-26-15/h1-6,8H,7H2,(H,21,24)(H,22,23,25). The number of nitrogens with zero attached hydrogens (tertiary/aromatic N) is 1. The van der Waals surface area contributed by atoms with Crippen molar-refractivity contribution in [2.75, 3.05) is 17.2 Å². The van der Waals surface area contributed by atoms with Crippen molar-refractivity contribution < 1.29 is 14.3 Å². The number of anilines is 2. The number of carbonyl (C=O) groups is 2. The van der Waals surface area contributed by atoms with E-state index in [0.717, 1.165) is 5.56 Å². The number of ether oxygens (including phenoxy) is 1. The normalized spacial score (nSPS) is 12.7. The molecule has 1 aliphatic heterocycles. The van der Waals surface area contributed by atoms with E-state index >= 15 is 0 Å². The van der Waals surface area contributed by atoms with Crippen molar-refractivity contribution in [3.05, 3.63) is 57.4 Å². The van der Waals surface area contributed by atoms with Crippen molar-refractivity contribution in [1.29, 1.82) is 0 Å². The van der Waals surface area contributed by atoms with Gasteiger partial charge in [0.2, 0.25) is 0 Å². The topological polar surface area (TPSA) is 80.3 Å². The van der Waals surface area contributed by atoms with Crippen LogP contribution in [-0.2, 0) is 4.79 Å². The third kappa shape index (κ3) is 3.75. The van der Waals surface area contributed by atoms with Crippen LogP contribution >= 0.6 is 34.5 Å². The smallest absolute Gasteiger partial charge is 0.262 e. The molecule has 2 heterocycles. The third-order valence-electron chi connectivity index (χ3n) is 3.81. The van der Waals surface area contributed by atoms with Crippen molar-refractivity contribution in [3.8, 4) is 17.0 Å². The number of nitrogens with one attached hydrogen (secondary N) is 2. The number of hydrogen-bond acceptors (Lipinski definition) is 5. The Labute approximate surface area is 168 Å². The Morgan fingerprint density at radius 2 is 2.04 bits per heavy atom. The highest BCUT2D eigenvalue weighted by atomic mass is 35.5. The van der Waals surface area contributed by atoms with Crippen LogP contribution in [0.2, 0.25) is 10.0 Å². The van der Waals surface area contributed by atoms with Crippen LogP contribution in [0, 0.1) is 0 Å². The van der Waals surface area contributed by atoms with Crippen molar-refractivity contribution in [2.24, 2.45) is 0 Å². The second kappa shape index (κ2) is 7.19. The summed E-state index contributed by atoms with van der Waals surface area (Å²) in [6.07, 6.45) is 0. The van der Waals surface area contributed by atoms with E-state index < -0.39 is 0 Å². The zero-order valence-corrected chi connectivity index (χ0v) is 15.9. The van der Waals surface area contributed by atoms with Gasteiger partial charge in [0.15, 0.2) is 11.7 Å². The van der Waals surface area contributed by atoms with Crippen LogP contribution in [0.1, 0.15) is 10.4 Å². The molecule has 6 nitrogen and oxygen atoms in total. The molecule has 0 aliphatic carbocycles. The molecule has 9 heteroatoms. The summed E-state index contributed by atoms with van der Waals surface area (Å²) in [4.78, 5) is 28.2. The van der Waals surface area contributed by atoms with Gasteiger partial charge < -0.3 is 10.1 Å². The van der Waals surface area contributed by atoms with E-state index in [1.165, 1.54) is 17.4 Å². The van der Waals surface area contributed by atoms with Gasteiger partial charge in [0.05, 0.1) is 21.4 Å². The Morgan fingerprint density at radius 3 is 2.85 bits per heavy atom. The first-order valence-corrected chi connectivity index (χ1v) is 9.42. The predicted octanol–water partition coefficient (Wildman–Crippen LogP) is 4.70. The molecular formula is C18H11Cl2N3O3S. The summed E-state index contributed by atoms with van der Waals surface area (Å²) in [7, 11) is 0. The minimum Gasteiger partial charge on any atom is -0.482 e. The van der Waals surface area contributed by atoms with E-state index in [4.69, 9.17) is 27.9 Å². The number of carbonyl (C=O) groups excluding carboxylic acids is 2. The molecule has 0 radical (unpaired) electrons. The van der Waals surface area contributed by atoms with E-state index in [0.29, 0.717) is 37.9 Å². The zero-order chi connectivity index (χ0) is 19.0. The van der Waals surface area contributed by atoms with Crippen molar-refractivity contribution in [3.63, 3.8) is 0 Å². The summed E-state index contributed by atoms with van der Waals surface area (Å²) in [6, 6.07) is 10.1. The molecule has 0 saturated heterocycles. The minimum atomic E-state index is -0.333. The van der Waals surface area contributed by atoms with Crippen LogP contribution in [0.25, 0.3) is 11.3 Å². The fourth-order valence-corrected chi connectivity index (χ4v) is 3.53. The largest absolute Gasteiger partial charge is 0.482 e. The molecule has 3 aromatic rings. The molecule has 136 valence electrons. The molecule has 1 aromatic heterocycles. The highest BCUT2D eigenvalue weighted by Crippen LogP contribution is 2.34. The van der Waals surface area contributed by atoms with Gasteiger partial charge in [-0.05, 0) is 36.4 Å². The monoisotopic (exact) mass is 419 g/mol. The number of rotatable bonds is 3. The second-order valence-corrected chi connectivity index (χ2v) is 7.34. The molecule has 0 bridgehead atoms. The number of amides is 2. The number of benzene rings is 2. The average Bonchev–Trinajstić information content (AvgIpc) is 3.11. The number of thiazole rings is 1. The molecular weight excluding hydrogens is 409 g/mol. The van der Waals surface area contributed by atoms with Crippen LogP contribution in [0.15, 0.2) is 41.8 Å². The maximum Gasteiger partial charge on any atom is 0.262 e. The van der Waals surface area contributed by atoms with Gasteiger partial charge in [-0.1, -0.05) is 23.2 Å². The van der Waals surface area contributed by atoms with E-state index in [2.05, 4.69) is 15.6 Å². The van der Waals surface area contributed by atoms with E-state index in [1.54, 1.807) is 24.3 Å². The van der Waals surface area contributed by atoms with Crippen molar-refractivity contribution in [1.82, 2.24) is 4.98 Å². The summed E-state index contributed by atoms with van der Waals surface area (Å²) >= 11 is 13.1. The Kier molecular flexibility index (Phi) is 4.73. The molecule has 4 rings (SSSR count). The molecule has 1 aliphatic rings. The Morgan fingerprint density at radius 1 is 1.19 bits per heavy atom. The lowest BCUT2D eigenvalue weighted by molar-refractivity contribution is -0.118. The first-order chi connectivity index (χ1) is 13.0. The van der Waals surface area contributed by atoms with Gasteiger partial charge in [-0.15, -0.1) is 11.3 Å². The highest BCUT2D eigenvalue weighted by Gasteiger charge is 2.17. The van der Waals surface area contributed by atoms with Gasteiger partial charge in [0, 0.05) is 16.5 Å². The number of halogens is 2. The van der Waals surface area contributed by atoms with Gasteiger partial charge >= 0.3 is 0 Å². The predicted molar refractivity (Wildman–Crippen MR) is 106 cm³/mol. The Bertz CT molecular complexity index is 1070. The molecule has 0 saturated carbocycles. The molecule has 0 unspecified atom stereocenters. The van der Waals surface area contributed by atoms with E-state index in [9.17, 15) is 9.59 Å². The van der Waals surface area contributed by atoms with Gasteiger partial charge in [0.25, 0.3) is 11.8 Å². The molecule has 2 N–H and O–H groups in total. The van der Waals surface area contributed by atoms with Crippen molar-refractivity contribution >= 4 is 57.2 Å². The molecule has 2 amide bonds.